The number of pyridine rings is 1. The van der Waals surface area contributed by atoms with E-state index in [9.17, 15) is 35.8 Å². The predicted molar refractivity (Wildman–Crippen MR) is 91.6 cm³/mol. The Labute approximate surface area is 159 Å². The first-order chi connectivity index (χ1) is 13.5. The third-order valence-corrected chi connectivity index (χ3v) is 4.19. The zero-order valence-corrected chi connectivity index (χ0v) is 14.4. The van der Waals surface area contributed by atoms with E-state index in [1.165, 1.54) is 18.2 Å². The summed E-state index contributed by atoms with van der Waals surface area (Å²) in [7, 11) is 0. The van der Waals surface area contributed by atoms with Crippen LogP contribution in [0.2, 0.25) is 0 Å². The van der Waals surface area contributed by atoms with Gasteiger partial charge in [-0.05, 0) is 29.8 Å². The summed E-state index contributed by atoms with van der Waals surface area (Å²) in [5.74, 6) is -0.658. The van der Waals surface area contributed by atoms with Crippen molar-refractivity contribution in [3.63, 3.8) is 0 Å². The highest BCUT2D eigenvalue weighted by atomic mass is 19.4. The Balaban J connectivity index is 2.09. The maximum Gasteiger partial charge on any atom is 0.433 e. The number of aliphatic hydroxyl groups is 1. The van der Waals surface area contributed by atoms with Crippen molar-refractivity contribution >= 4 is 16.6 Å². The van der Waals surface area contributed by atoms with Gasteiger partial charge in [0, 0.05) is 11.9 Å². The minimum atomic E-state index is -5.03. The highest BCUT2D eigenvalue weighted by Crippen LogP contribution is 2.39. The molecule has 0 aliphatic carbocycles. The number of nitrogens with zero attached hydrogens (tertiary/aromatic N) is 1. The van der Waals surface area contributed by atoms with Crippen molar-refractivity contribution in [3.8, 4) is 0 Å². The Morgan fingerprint density at radius 1 is 0.931 bits per heavy atom. The first-order valence-corrected chi connectivity index (χ1v) is 8.23. The van der Waals surface area contributed by atoms with Gasteiger partial charge in [-0.1, -0.05) is 24.3 Å². The number of alkyl halides is 6. The fourth-order valence-corrected chi connectivity index (χ4v) is 2.85. The number of halogens is 7. The molecule has 0 saturated heterocycles. The van der Waals surface area contributed by atoms with Crippen LogP contribution in [0.3, 0.4) is 0 Å². The van der Waals surface area contributed by atoms with Crippen molar-refractivity contribution in [2.45, 2.75) is 18.5 Å². The molecule has 0 spiro atoms. The lowest BCUT2D eigenvalue weighted by atomic mass is 9.99. The summed E-state index contributed by atoms with van der Waals surface area (Å²) in [5, 5.41) is 12.6. The SMILES string of the molecule is O[C@@H](CNc1ccccc1F)c1cc(C(F)(F)F)nc2c(C(F)(F)F)cccc12. The van der Waals surface area contributed by atoms with E-state index in [0.717, 1.165) is 18.2 Å². The fourth-order valence-electron chi connectivity index (χ4n) is 2.85. The lowest BCUT2D eigenvalue weighted by Crippen LogP contribution is -2.17. The van der Waals surface area contributed by atoms with Gasteiger partial charge in [0.05, 0.1) is 22.9 Å². The highest BCUT2D eigenvalue weighted by Gasteiger charge is 2.37. The molecule has 0 aliphatic rings. The van der Waals surface area contributed by atoms with Crippen LogP contribution in [0.25, 0.3) is 10.9 Å². The van der Waals surface area contributed by atoms with Crippen molar-refractivity contribution in [3.05, 3.63) is 71.2 Å². The Kier molecular flexibility index (Phi) is 5.40. The standard InChI is InChI=1S/C19H13F7N2O/c20-13-6-1-2-7-14(13)27-9-15(29)11-8-16(19(24,25)26)28-17-10(11)4-3-5-12(17)18(21,22)23/h1-8,15,27,29H,9H2/t15-/m0/s1. The van der Waals surface area contributed by atoms with Gasteiger partial charge in [0.1, 0.15) is 11.5 Å². The molecule has 2 N–H and O–H groups in total. The summed E-state index contributed by atoms with van der Waals surface area (Å²) < 4.78 is 93.0. The van der Waals surface area contributed by atoms with Crippen LogP contribution in [0.4, 0.5) is 36.4 Å². The Hall–Kier alpha value is -2.88. The van der Waals surface area contributed by atoms with Crippen LogP contribution in [0.15, 0.2) is 48.5 Å². The molecule has 0 fully saturated rings. The first-order valence-electron chi connectivity index (χ1n) is 8.23. The first kappa shape index (κ1) is 20.8. The maximum atomic E-state index is 13.7. The molecule has 29 heavy (non-hydrogen) atoms. The molecule has 1 heterocycles. The van der Waals surface area contributed by atoms with E-state index in [-0.39, 0.29) is 11.1 Å². The number of hydrogen-bond acceptors (Lipinski definition) is 3. The van der Waals surface area contributed by atoms with Gasteiger partial charge < -0.3 is 10.4 Å². The molecule has 3 nitrogen and oxygen atoms in total. The van der Waals surface area contributed by atoms with Gasteiger partial charge >= 0.3 is 12.4 Å². The maximum absolute atomic E-state index is 13.7. The molecule has 0 radical (unpaired) electrons. The van der Waals surface area contributed by atoms with Crippen molar-refractivity contribution in [1.82, 2.24) is 4.98 Å². The van der Waals surface area contributed by atoms with Crippen molar-refractivity contribution in [1.29, 1.82) is 0 Å². The van der Waals surface area contributed by atoms with Crippen molar-refractivity contribution in [2.75, 3.05) is 11.9 Å². The highest BCUT2D eigenvalue weighted by molar-refractivity contribution is 5.86. The zero-order valence-electron chi connectivity index (χ0n) is 14.4. The van der Waals surface area contributed by atoms with Gasteiger partial charge in [0.15, 0.2) is 0 Å². The smallest absolute Gasteiger partial charge is 0.387 e. The summed E-state index contributed by atoms with van der Waals surface area (Å²) in [4.78, 5) is 3.15. The second kappa shape index (κ2) is 7.51. The van der Waals surface area contributed by atoms with E-state index < -0.39 is 53.2 Å². The molecule has 0 bridgehead atoms. The second-order valence-corrected chi connectivity index (χ2v) is 6.17. The summed E-state index contributed by atoms with van der Waals surface area (Å²) >= 11 is 0. The van der Waals surface area contributed by atoms with Crippen molar-refractivity contribution in [2.24, 2.45) is 0 Å². The van der Waals surface area contributed by atoms with Crippen LogP contribution >= 0.6 is 0 Å². The van der Waals surface area contributed by atoms with Crippen LogP contribution in [0.1, 0.15) is 22.9 Å². The number of nitrogens with one attached hydrogen (secondary N) is 1. The fraction of sp³-hybridized carbons (Fsp3) is 0.211. The molecule has 10 heteroatoms. The van der Waals surface area contributed by atoms with Gasteiger partial charge in [0.25, 0.3) is 0 Å². The number of fused-ring (bicyclic) bond motifs is 1. The molecule has 154 valence electrons. The number of aromatic nitrogens is 1. The molecule has 2 aromatic carbocycles. The second-order valence-electron chi connectivity index (χ2n) is 6.17. The third-order valence-electron chi connectivity index (χ3n) is 4.19. The molecule has 0 saturated carbocycles. The summed E-state index contributed by atoms with van der Waals surface area (Å²) in [6, 6.07) is 8.65. The molecule has 3 aromatic rings. The number of benzene rings is 2. The van der Waals surface area contributed by atoms with E-state index in [4.69, 9.17) is 0 Å². The van der Waals surface area contributed by atoms with Crippen LogP contribution in [-0.4, -0.2) is 16.6 Å². The van der Waals surface area contributed by atoms with Gasteiger partial charge in [-0.15, -0.1) is 0 Å². The molecule has 0 aliphatic heterocycles. The summed E-state index contributed by atoms with van der Waals surface area (Å²) in [6.07, 6.45) is -11.6. The van der Waals surface area contributed by atoms with Crippen molar-refractivity contribution < 1.29 is 35.8 Å². The summed E-state index contributed by atoms with van der Waals surface area (Å²) in [6.45, 7) is -0.437. The largest absolute Gasteiger partial charge is 0.433 e. The van der Waals surface area contributed by atoms with Crippen LogP contribution in [0.5, 0.6) is 0 Å². The van der Waals surface area contributed by atoms with Crippen LogP contribution in [0, 0.1) is 5.82 Å². The molecular weight excluding hydrogens is 405 g/mol. The van der Waals surface area contributed by atoms with E-state index in [1.54, 1.807) is 0 Å². The molecule has 0 unspecified atom stereocenters. The third kappa shape index (κ3) is 4.42. The van der Waals surface area contributed by atoms with E-state index >= 15 is 0 Å². The minimum absolute atomic E-state index is 0.0167. The van der Waals surface area contributed by atoms with Gasteiger partial charge in [-0.25, -0.2) is 9.37 Å². The Morgan fingerprint density at radius 3 is 2.24 bits per heavy atom. The summed E-state index contributed by atoms with van der Waals surface area (Å²) in [5.41, 5.74) is -4.26. The number of hydrogen-bond donors (Lipinski definition) is 2. The van der Waals surface area contributed by atoms with Gasteiger partial charge in [-0.2, -0.15) is 26.3 Å². The normalized spacial score (nSPS) is 13.5. The predicted octanol–water partition coefficient (Wildman–Crippen LogP) is 5.56. The number of anilines is 1. The average molecular weight is 418 g/mol. The Bertz CT molecular complexity index is 1030. The quantitative estimate of drug-likeness (QED) is 0.546. The topological polar surface area (TPSA) is 45.1 Å². The van der Waals surface area contributed by atoms with E-state index in [0.29, 0.717) is 12.1 Å². The molecular formula is C19H13F7N2O. The lowest BCUT2D eigenvalue weighted by Gasteiger charge is -2.19. The van der Waals surface area contributed by atoms with Gasteiger partial charge in [-0.3, -0.25) is 0 Å². The lowest BCUT2D eigenvalue weighted by molar-refractivity contribution is -0.142. The minimum Gasteiger partial charge on any atom is -0.387 e. The number of para-hydroxylation sites is 2. The van der Waals surface area contributed by atoms with Crippen LogP contribution in [-0.2, 0) is 12.4 Å². The average Bonchev–Trinajstić information content (AvgIpc) is 2.64. The van der Waals surface area contributed by atoms with E-state index in [2.05, 4.69) is 10.3 Å². The Morgan fingerprint density at radius 2 is 1.62 bits per heavy atom. The van der Waals surface area contributed by atoms with Crippen LogP contribution < -0.4 is 5.32 Å². The molecule has 0 amide bonds. The van der Waals surface area contributed by atoms with Gasteiger partial charge in [0.2, 0.25) is 0 Å². The molecule has 1 atom stereocenters. The monoisotopic (exact) mass is 418 g/mol. The number of rotatable bonds is 4. The number of aliphatic hydroxyl groups excluding tert-OH is 1. The zero-order chi connectivity index (χ0) is 21.4. The molecule has 3 rings (SSSR count). The van der Waals surface area contributed by atoms with E-state index in [1.807, 2.05) is 0 Å². The molecule has 1 aromatic heterocycles.